The van der Waals surface area contributed by atoms with Gasteiger partial charge in [-0.3, -0.25) is 0 Å². The molecule has 1 aliphatic carbocycles. The van der Waals surface area contributed by atoms with Gasteiger partial charge in [-0.1, -0.05) is 6.92 Å². The van der Waals surface area contributed by atoms with E-state index in [0.717, 1.165) is 17.8 Å². The first kappa shape index (κ1) is 13.4. The topological polar surface area (TPSA) is 87.6 Å². The molecule has 100 valence electrons. The van der Waals surface area contributed by atoms with E-state index in [0.29, 0.717) is 18.4 Å². The summed E-state index contributed by atoms with van der Waals surface area (Å²) in [6, 6.07) is 0. The molecule has 1 heterocycles. The third-order valence-corrected chi connectivity index (χ3v) is 6.32. The Kier molecular flexibility index (Phi) is 3.43. The van der Waals surface area contributed by atoms with Gasteiger partial charge in [0.05, 0.1) is 5.51 Å². The minimum atomic E-state index is -3.74. The second kappa shape index (κ2) is 4.60. The van der Waals surface area contributed by atoms with Gasteiger partial charge < -0.3 is 5.11 Å². The predicted molar refractivity (Wildman–Crippen MR) is 66.2 cm³/mol. The molecule has 0 aromatic carbocycles. The van der Waals surface area contributed by atoms with Crippen LogP contribution in [0.25, 0.3) is 0 Å². The number of thiazole rings is 1. The second-order valence-electron chi connectivity index (χ2n) is 4.55. The maximum absolute atomic E-state index is 12.2. The maximum atomic E-state index is 12.2. The van der Waals surface area contributed by atoms with E-state index in [1.54, 1.807) is 0 Å². The number of aromatic carboxylic acids is 1. The van der Waals surface area contributed by atoms with Crippen molar-refractivity contribution >= 4 is 27.3 Å². The van der Waals surface area contributed by atoms with Gasteiger partial charge in [-0.15, -0.1) is 11.3 Å². The minimum absolute atomic E-state index is 0.189. The van der Waals surface area contributed by atoms with Crippen LogP contribution in [0.3, 0.4) is 0 Å². The van der Waals surface area contributed by atoms with Crippen LogP contribution < -0.4 is 0 Å². The Balaban J connectivity index is 2.24. The van der Waals surface area contributed by atoms with E-state index in [2.05, 4.69) is 11.9 Å². The van der Waals surface area contributed by atoms with Crippen LogP contribution in [0.5, 0.6) is 0 Å². The lowest BCUT2D eigenvalue weighted by Crippen LogP contribution is -2.29. The average molecular weight is 290 g/mol. The molecule has 18 heavy (non-hydrogen) atoms. The Labute approximate surface area is 109 Å². The largest absolute Gasteiger partial charge is 0.476 e. The lowest BCUT2D eigenvalue weighted by Gasteiger charge is -2.15. The summed E-state index contributed by atoms with van der Waals surface area (Å²) in [4.78, 5) is 14.5. The fraction of sp³-hybridized carbons (Fsp3) is 0.600. The van der Waals surface area contributed by atoms with Crippen molar-refractivity contribution in [1.29, 1.82) is 0 Å². The highest BCUT2D eigenvalue weighted by molar-refractivity contribution is 7.91. The monoisotopic (exact) mass is 290 g/mol. The van der Waals surface area contributed by atoms with E-state index >= 15 is 0 Å². The highest BCUT2D eigenvalue weighted by Crippen LogP contribution is 2.39. The van der Waals surface area contributed by atoms with Gasteiger partial charge in [-0.25, -0.2) is 18.2 Å². The zero-order valence-corrected chi connectivity index (χ0v) is 11.7. The van der Waals surface area contributed by atoms with Gasteiger partial charge in [0.2, 0.25) is 0 Å². The molecule has 1 N–H and O–H groups in total. The van der Waals surface area contributed by atoms with E-state index in [-0.39, 0.29) is 4.21 Å². The number of carboxylic acids is 1. The fourth-order valence-electron chi connectivity index (χ4n) is 1.78. The first-order valence-corrected chi connectivity index (χ1v) is 7.79. The quantitative estimate of drug-likeness (QED) is 0.878. The molecule has 1 fully saturated rings. The van der Waals surface area contributed by atoms with Crippen LogP contribution in [0.1, 0.15) is 23.8 Å². The SMILES string of the molecule is CC1CC1CN(C)S(=O)(=O)c1scnc1C(=O)O. The molecule has 1 aliphatic rings. The first-order valence-electron chi connectivity index (χ1n) is 5.47. The van der Waals surface area contributed by atoms with Crippen molar-refractivity contribution in [2.45, 2.75) is 17.6 Å². The second-order valence-corrected chi connectivity index (χ2v) is 7.65. The smallest absolute Gasteiger partial charge is 0.356 e. The van der Waals surface area contributed by atoms with Gasteiger partial charge in [-0.05, 0) is 18.3 Å². The minimum Gasteiger partial charge on any atom is -0.476 e. The van der Waals surface area contributed by atoms with E-state index in [1.165, 1.54) is 16.9 Å². The molecule has 1 aromatic rings. The van der Waals surface area contributed by atoms with Crippen LogP contribution in [0.15, 0.2) is 9.72 Å². The molecule has 2 rings (SSSR count). The molecule has 0 saturated heterocycles. The van der Waals surface area contributed by atoms with Crippen molar-refractivity contribution < 1.29 is 18.3 Å². The lowest BCUT2D eigenvalue weighted by molar-refractivity contribution is 0.0687. The molecule has 1 aromatic heterocycles. The van der Waals surface area contributed by atoms with Crippen LogP contribution in [-0.2, 0) is 10.0 Å². The number of carboxylic acid groups (broad SMARTS) is 1. The molecule has 2 atom stereocenters. The molecule has 2 unspecified atom stereocenters. The van der Waals surface area contributed by atoms with E-state index < -0.39 is 21.7 Å². The number of nitrogens with zero attached hydrogens (tertiary/aromatic N) is 2. The zero-order valence-electron chi connectivity index (χ0n) is 10.0. The van der Waals surface area contributed by atoms with Gasteiger partial charge in [0, 0.05) is 13.6 Å². The third kappa shape index (κ3) is 2.40. The Bertz CT molecular complexity index is 566. The Morgan fingerprint density at radius 2 is 2.28 bits per heavy atom. The van der Waals surface area contributed by atoms with Crippen molar-refractivity contribution in [3.63, 3.8) is 0 Å². The van der Waals surface area contributed by atoms with Gasteiger partial charge in [-0.2, -0.15) is 4.31 Å². The lowest BCUT2D eigenvalue weighted by atomic mass is 10.3. The molecule has 1 saturated carbocycles. The third-order valence-electron chi connectivity index (χ3n) is 3.15. The van der Waals surface area contributed by atoms with Gasteiger partial charge in [0.25, 0.3) is 10.0 Å². The number of carbonyl (C=O) groups is 1. The highest BCUT2D eigenvalue weighted by atomic mass is 32.2. The Morgan fingerprint density at radius 3 is 2.78 bits per heavy atom. The van der Waals surface area contributed by atoms with Crippen molar-refractivity contribution in [3.8, 4) is 0 Å². The summed E-state index contributed by atoms with van der Waals surface area (Å²) in [7, 11) is -2.26. The van der Waals surface area contributed by atoms with Crippen LogP contribution in [0, 0.1) is 11.8 Å². The summed E-state index contributed by atoms with van der Waals surface area (Å²) in [5.41, 5.74) is 0.847. The van der Waals surface area contributed by atoms with Gasteiger partial charge in [0.15, 0.2) is 9.90 Å². The summed E-state index contributed by atoms with van der Waals surface area (Å²) in [5.74, 6) is -0.392. The predicted octanol–water partition coefficient (Wildman–Crippen LogP) is 1.12. The number of hydrogen-bond acceptors (Lipinski definition) is 5. The Morgan fingerprint density at radius 1 is 1.67 bits per heavy atom. The fourth-order valence-corrected chi connectivity index (χ4v) is 4.34. The van der Waals surface area contributed by atoms with Crippen molar-refractivity contribution in [1.82, 2.24) is 9.29 Å². The van der Waals surface area contributed by atoms with E-state index in [4.69, 9.17) is 5.11 Å². The summed E-state index contributed by atoms with van der Waals surface area (Å²) in [6.45, 7) is 2.50. The molecule has 0 spiro atoms. The molecular formula is C10H14N2O4S2. The first-order chi connectivity index (χ1) is 8.34. The van der Waals surface area contributed by atoms with Crippen LogP contribution in [0.4, 0.5) is 0 Å². The molecule has 0 aliphatic heterocycles. The van der Waals surface area contributed by atoms with Crippen molar-refractivity contribution in [2.75, 3.05) is 13.6 Å². The molecule has 0 amide bonds. The number of hydrogen-bond donors (Lipinski definition) is 1. The van der Waals surface area contributed by atoms with Crippen molar-refractivity contribution in [2.24, 2.45) is 11.8 Å². The number of aromatic nitrogens is 1. The highest BCUT2D eigenvalue weighted by Gasteiger charge is 2.37. The van der Waals surface area contributed by atoms with E-state index in [1.807, 2.05) is 0 Å². The Hall–Kier alpha value is -0.990. The molecule has 6 nitrogen and oxygen atoms in total. The number of sulfonamides is 1. The molecule has 8 heteroatoms. The summed E-state index contributed by atoms with van der Waals surface area (Å²) in [6.07, 6.45) is 1.02. The number of rotatable bonds is 5. The molecule has 0 bridgehead atoms. The summed E-state index contributed by atoms with van der Waals surface area (Å²) >= 11 is 0.840. The molecule has 0 radical (unpaired) electrons. The zero-order chi connectivity index (χ0) is 13.5. The van der Waals surface area contributed by atoms with Crippen LogP contribution >= 0.6 is 11.3 Å². The van der Waals surface area contributed by atoms with Gasteiger partial charge in [0.1, 0.15) is 0 Å². The van der Waals surface area contributed by atoms with E-state index in [9.17, 15) is 13.2 Å². The molecular weight excluding hydrogens is 276 g/mol. The summed E-state index contributed by atoms with van der Waals surface area (Å²) in [5, 5.41) is 8.90. The van der Waals surface area contributed by atoms with Gasteiger partial charge >= 0.3 is 5.97 Å². The van der Waals surface area contributed by atoms with Crippen molar-refractivity contribution in [3.05, 3.63) is 11.2 Å². The normalized spacial score (nSPS) is 23.3. The average Bonchev–Trinajstić information content (AvgIpc) is 2.83. The van der Waals surface area contributed by atoms with Crippen LogP contribution in [0.2, 0.25) is 0 Å². The standard InChI is InChI=1S/C10H14N2O4S2/c1-6-3-7(6)4-12(2)18(15,16)10-8(9(13)14)11-5-17-10/h5-7H,3-4H2,1-2H3,(H,13,14). The summed E-state index contributed by atoms with van der Waals surface area (Å²) < 4.78 is 25.5. The maximum Gasteiger partial charge on any atom is 0.356 e. The van der Waals surface area contributed by atoms with Crippen LogP contribution in [-0.4, -0.2) is 42.4 Å².